The number of hydrogen-bond donors (Lipinski definition) is 0. The van der Waals surface area contributed by atoms with Gasteiger partial charge in [-0.05, 0) is 17.7 Å². The molecule has 0 fully saturated rings. The van der Waals surface area contributed by atoms with Crippen LogP contribution in [0.1, 0.15) is 0 Å². The molecule has 0 amide bonds. The van der Waals surface area contributed by atoms with E-state index >= 15 is 0 Å². The standard InChI is InChI=1S/C10H5ClN2O/c11-10-12-5-7-6-3-1-2-4-8(6)14-9(7)13-10/h1-5H. The van der Waals surface area contributed by atoms with E-state index in [2.05, 4.69) is 9.97 Å². The summed E-state index contributed by atoms with van der Waals surface area (Å²) in [5.74, 6) is 0. The lowest BCUT2D eigenvalue weighted by Gasteiger charge is -1.87. The molecule has 14 heavy (non-hydrogen) atoms. The molecule has 2 heterocycles. The summed E-state index contributed by atoms with van der Waals surface area (Å²) in [5, 5.41) is 2.11. The first-order valence-electron chi connectivity index (χ1n) is 4.14. The van der Waals surface area contributed by atoms with Crippen molar-refractivity contribution in [2.75, 3.05) is 0 Å². The molecule has 4 heteroatoms. The van der Waals surface area contributed by atoms with E-state index in [9.17, 15) is 0 Å². The molecule has 68 valence electrons. The zero-order valence-electron chi connectivity index (χ0n) is 7.07. The second kappa shape index (κ2) is 2.69. The zero-order chi connectivity index (χ0) is 9.54. The number of benzene rings is 1. The minimum Gasteiger partial charge on any atom is -0.438 e. The van der Waals surface area contributed by atoms with Gasteiger partial charge in [0.25, 0.3) is 0 Å². The van der Waals surface area contributed by atoms with Gasteiger partial charge in [0, 0.05) is 11.6 Å². The van der Waals surface area contributed by atoms with Gasteiger partial charge in [-0.25, -0.2) is 4.98 Å². The van der Waals surface area contributed by atoms with E-state index in [1.54, 1.807) is 6.20 Å². The van der Waals surface area contributed by atoms with Crippen LogP contribution in [0, 0.1) is 0 Å². The normalized spacial score (nSPS) is 11.2. The minimum absolute atomic E-state index is 0.205. The van der Waals surface area contributed by atoms with E-state index in [-0.39, 0.29) is 5.28 Å². The first-order valence-corrected chi connectivity index (χ1v) is 4.52. The highest BCUT2D eigenvalue weighted by molar-refractivity contribution is 6.28. The van der Waals surface area contributed by atoms with E-state index < -0.39 is 0 Å². The van der Waals surface area contributed by atoms with Crippen molar-refractivity contribution in [2.24, 2.45) is 0 Å². The fraction of sp³-hybridized carbons (Fsp3) is 0. The lowest BCUT2D eigenvalue weighted by atomic mass is 10.2. The van der Waals surface area contributed by atoms with Crippen LogP contribution in [0.25, 0.3) is 22.1 Å². The van der Waals surface area contributed by atoms with E-state index in [4.69, 9.17) is 16.0 Å². The number of fused-ring (bicyclic) bond motifs is 3. The van der Waals surface area contributed by atoms with Crippen LogP contribution in [-0.4, -0.2) is 9.97 Å². The summed E-state index contributed by atoms with van der Waals surface area (Å²) < 4.78 is 5.50. The maximum absolute atomic E-state index is 5.66. The Bertz CT molecular complexity index is 618. The van der Waals surface area contributed by atoms with Crippen molar-refractivity contribution >= 4 is 33.7 Å². The van der Waals surface area contributed by atoms with Gasteiger partial charge in [-0.15, -0.1) is 0 Å². The van der Waals surface area contributed by atoms with Crippen molar-refractivity contribution < 1.29 is 4.42 Å². The Morgan fingerprint density at radius 1 is 1.14 bits per heavy atom. The molecule has 0 aliphatic heterocycles. The second-order valence-electron chi connectivity index (χ2n) is 2.96. The van der Waals surface area contributed by atoms with Crippen molar-refractivity contribution in [1.29, 1.82) is 0 Å². The van der Waals surface area contributed by atoms with Gasteiger partial charge in [0.05, 0.1) is 5.39 Å². The molecule has 2 aromatic heterocycles. The van der Waals surface area contributed by atoms with Gasteiger partial charge in [0.1, 0.15) is 5.58 Å². The number of nitrogens with zero attached hydrogens (tertiary/aromatic N) is 2. The molecular weight excluding hydrogens is 200 g/mol. The SMILES string of the molecule is Clc1ncc2c(n1)oc1ccccc12. The van der Waals surface area contributed by atoms with Gasteiger partial charge >= 0.3 is 0 Å². The molecule has 0 aliphatic carbocycles. The molecule has 0 saturated carbocycles. The van der Waals surface area contributed by atoms with Crippen molar-refractivity contribution in [3.05, 3.63) is 35.7 Å². The van der Waals surface area contributed by atoms with E-state index in [0.717, 1.165) is 16.4 Å². The molecule has 0 saturated heterocycles. The molecule has 0 unspecified atom stereocenters. The first kappa shape index (κ1) is 7.76. The molecule has 3 rings (SSSR count). The van der Waals surface area contributed by atoms with Crippen molar-refractivity contribution in [3.8, 4) is 0 Å². The molecule has 0 atom stereocenters. The van der Waals surface area contributed by atoms with Gasteiger partial charge in [-0.1, -0.05) is 18.2 Å². The molecular formula is C10H5ClN2O. The Morgan fingerprint density at radius 3 is 2.93 bits per heavy atom. The summed E-state index contributed by atoms with van der Waals surface area (Å²) in [4.78, 5) is 7.92. The molecule has 0 N–H and O–H groups in total. The molecule has 0 spiro atoms. The van der Waals surface area contributed by atoms with Crippen LogP contribution >= 0.6 is 11.6 Å². The maximum atomic E-state index is 5.66. The van der Waals surface area contributed by atoms with Crippen LogP contribution in [0.3, 0.4) is 0 Å². The molecule has 1 aromatic carbocycles. The van der Waals surface area contributed by atoms with Crippen LogP contribution in [-0.2, 0) is 0 Å². The van der Waals surface area contributed by atoms with Gasteiger partial charge in [0.2, 0.25) is 11.0 Å². The van der Waals surface area contributed by atoms with E-state index in [1.807, 2.05) is 24.3 Å². The maximum Gasteiger partial charge on any atom is 0.231 e. The number of para-hydroxylation sites is 1. The summed E-state index contributed by atoms with van der Waals surface area (Å²) >= 11 is 5.66. The van der Waals surface area contributed by atoms with E-state index in [0.29, 0.717) is 5.71 Å². The Morgan fingerprint density at radius 2 is 2.00 bits per heavy atom. The highest BCUT2D eigenvalue weighted by Gasteiger charge is 2.07. The molecule has 0 bridgehead atoms. The van der Waals surface area contributed by atoms with Crippen LogP contribution in [0.2, 0.25) is 5.28 Å². The van der Waals surface area contributed by atoms with Crippen molar-refractivity contribution in [3.63, 3.8) is 0 Å². The smallest absolute Gasteiger partial charge is 0.231 e. The summed E-state index contributed by atoms with van der Waals surface area (Å²) in [6.07, 6.45) is 1.68. The largest absolute Gasteiger partial charge is 0.438 e. The van der Waals surface area contributed by atoms with Crippen molar-refractivity contribution in [1.82, 2.24) is 9.97 Å². The predicted octanol–water partition coefficient (Wildman–Crippen LogP) is 3.03. The van der Waals surface area contributed by atoms with E-state index in [1.165, 1.54) is 0 Å². The highest BCUT2D eigenvalue weighted by Crippen LogP contribution is 2.26. The van der Waals surface area contributed by atoms with Gasteiger partial charge in [-0.3, -0.25) is 0 Å². The van der Waals surface area contributed by atoms with Gasteiger partial charge in [-0.2, -0.15) is 4.98 Å². The zero-order valence-corrected chi connectivity index (χ0v) is 7.82. The molecule has 0 radical (unpaired) electrons. The summed E-state index contributed by atoms with van der Waals surface area (Å²) in [6, 6.07) is 7.73. The fourth-order valence-corrected chi connectivity index (χ4v) is 1.62. The third-order valence-electron chi connectivity index (χ3n) is 2.11. The van der Waals surface area contributed by atoms with Crippen LogP contribution in [0.4, 0.5) is 0 Å². The van der Waals surface area contributed by atoms with Crippen LogP contribution in [0.5, 0.6) is 0 Å². The summed E-state index contributed by atoms with van der Waals surface area (Å²) in [6.45, 7) is 0. The van der Waals surface area contributed by atoms with Crippen LogP contribution in [0.15, 0.2) is 34.9 Å². The molecule has 0 aliphatic rings. The first-order chi connectivity index (χ1) is 6.84. The average molecular weight is 205 g/mol. The molecule has 3 aromatic rings. The number of rotatable bonds is 0. The lowest BCUT2D eigenvalue weighted by molar-refractivity contribution is 0.653. The average Bonchev–Trinajstić information content (AvgIpc) is 2.54. The predicted molar refractivity (Wildman–Crippen MR) is 54.3 cm³/mol. The fourth-order valence-electron chi connectivity index (χ4n) is 1.49. The van der Waals surface area contributed by atoms with Crippen molar-refractivity contribution in [2.45, 2.75) is 0 Å². The number of hydrogen-bond acceptors (Lipinski definition) is 3. The molecule has 3 nitrogen and oxygen atoms in total. The van der Waals surface area contributed by atoms with Gasteiger partial charge in [0.15, 0.2) is 0 Å². The number of furan rings is 1. The Kier molecular flexibility index (Phi) is 1.49. The number of halogens is 1. The second-order valence-corrected chi connectivity index (χ2v) is 3.29. The Labute approximate surface area is 84.3 Å². The van der Waals surface area contributed by atoms with Gasteiger partial charge < -0.3 is 4.42 Å². The monoisotopic (exact) mass is 204 g/mol. The lowest BCUT2D eigenvalue weighted by Crippen LogP contribution is -1.79. The quantitative estimate of drug-likeness (QED) is 0.529. The third kappa shape index (κ3) is 0.992. The topological polar surface area (TPSA) is 38.9 Å². The summed E-state index contributed by atoms with van der Waals surface area (Å²) in [5.41, 5.74) is 1.34. The highest BCUT2D eigenvalue weighted by atomic mass is 35.5. The Balaban J connectivity index is 2.57. The summed E-state index contributed by atoms with van der Waals surface area (Å²) in [7, 11) is 0. The third-order valence-corrected chi connectivity index (χ3v) is 2.29. The Hall–Kier alpha value is -1.61. The number of aromatic nitrogens is 2. The van der Waals surface area contributed by atoms with Crippen LogP contribution < -0.4 is 0 Å². The minimum atomic E-state index is 0.205.